The van der Waals surface area contributed by atoms with Crippen LogP contribution in [0.3, 0.4) is 0 Å². The second kappa shape index (κ2) is 38.2. The maximum Gasteiger partial charge on any atom is 0.410 e. The van der Waals surface area contributed by atoms with Crippen LogP contribution in [0.5, 0.6) is 5.75 Å². The van der Waals surface area contributed by atoms with E-state index in [1.807, 2.05) is 69.9 Å². The number of thiophene rings is 5. The second-order valence-electron chi connectivity index (χ2n) is 18.5. The Bertz CT molecular complexity index is 2800. The number of para-hydroxylation sites is 2. The molecule has 0 radical (unpaired) electrons. The van der Waals surface area contributed by atoms with Gasteiger partial charge in [-0.25, -0.2) is 18.0 Å². The molecule has 6 aromatic heterocycles. The van der Waals surface area contributed by atoms with E-state index in [1.54, 1.807) is 70.9 Å². The zero-order valence-electron chi connectivity index (χ0n) is 45.8. The fraction of sp³-hybridized carbons (Fsp3) is 0.436. The maximum absolute atomic E-state index is 13.1. The third-order valence-electron chi connectivity index (χ3n) is 11.3. The number of aliphatic hydroxyl groups excluding tert-OH is 1. The minimum absolute atomic E-state index is 0.0102. The lowest BCUT2D eigenvalue weighted by Gasteiger charge is -2.33. The van der Waals surface area contributed by atoms with E-state index < -0.39 is 16.5 Å². The molecule has 3 N–H and O–H groups in total. The molecule has 0 saturated carbocycles. The Kier molecular flexibility index (Phi) is 33.2. The number of hydrogen-bond acceptors (Lipinski definition) is 18. The Labute approximate surface area is 498 Å². The minimum Gasteiger partial charge on any atom is -0.491 e. The summed E-state index contributed by atoms with van der Waals surface area (Å²) in [7, 11) is 7.28. The van der Waals surface area contributed by atoms with Crippen LogP contribution in [0.15, 0.2) is 90.8 Å². The monoisotopic (exact) mass is 1290 g/mol. The first-order valence-electron chi connectivity index (χ1n) is 25.0. The number of amides is 1. The molecule has 25 heteroatoms. The van der Waals surface area contributed by atoms with Gasteiger partial charge in [0.2, 0.25) is 0 Å². The van der Waals surface area contributed by atoms with Gasteiger partial charge in [-0.3, -0.25) is 18.8 Å². The van der Waals surface area contributed by atoms with Crippen LogP contribution in [-0.4, -0.2) is 104 Å². The molecule has 7 aromatic rings. The fourth-order valence-corrected chi connectivity index (χ4v) is 11.6. The smallest absolute Gasteiger partial charge is 0.410 e. The number of piperidine rings is 2. The third-order valence-corrected chi connectivity index (χ3v) is 17.1. The van der Waals surface area contributed by atoms with Gasteiger partial charge in [-0.2, -0.15) is 8.76 Å². The molecule has 0 unspecified atom stereocenters. The molecule has 8 heterocycles. The van der Waals surface area contributed by atoms with Crippen molar-refractivity contribution in [2.24, 2.45) is 11.8 Å². The summed E-state index contributed by atoms with van der Waals surface area (Å²) < 4.78 is 78.0. The van der Waals surface area contributed by atoms with Crippen molar-refractivity contribution in [2.45, 2.75) is 84.7 Å². The first kappa shape index (κ1) is 69.6. The van der Waals surface area contributed by atoms with Crippen molar-refractivity contribution in [1.82, 2.24) is 19.0 Å². The molecule has 1 amide bonds. The second-order valence-corrected chi connectivity index (χ2v) is 24.8. The number of H-pyrrole nitrogens is 1. The zero-order valence-corrected chi connectivity index (χ0v) is 52.3. The van der Waals surface area contributed by atoms with Crippen LogP contribution < -0.4 is 20.5 Å². The topological polar surface area (TPSA) is 173 Å². The molecule has 2 aliphatic rings. The zero-order chi connectivity index (χ0) is 59.0. The summed E-state index contributed by atoms with van der Waals surface area (Å²) in [6, 6.07) is 15.8. The Hall–Kier alpha value is -4.67. The number of nitrogens with zero attached hydrogens (tertiary/aromatic N) is 3. The van der Waals surface area contributed by atoms with Crippen LogP contribution in [0, 0.1) is 41.3 Å². The number of anilines is 1. The number of carbonyl (C=O) groups excluding carboxylic acids is 3. The average Bonchev–Trinajstić information content (AvgIpc) is 4.35. The Morgan fingerprint density at radius 2 is 1.46 bits per heavy atom. The van der Waals surface area contributed by atoms with Crippen molar-refractivity contribution in [1.29, 1.82) is 0 Å². The largest absolute Gasteiger partial charge is 0.491 e. The van der Waals surface area contributed by atoms with Crippen LogP contribution >= 0.6 is 84.3 Å². The van der Waals surface area contributed by atoms with Crippen LogP contribution in [0.4, 0.5) is 28.0 Å². The van der Waals surface area contributed by atoms with Gasteiger partial charge in [0.1, 0.15) is 39.4 Å². The Morgan fingerprint density at radius 3 is 1.89 bits per heavy atom. The van der Waals surface area contributed by atoms with E-state index in [0.29, 0.717) is 25.1 Å². The van der Waals surface area contributed by atoms with Gasteiger partial charge in [0.15, 0.2) is 24.0 Å². The fourth-order valence-electron chi connectivity index (χ4n) is 7.02. The standard InChI is InChI=1S/C19H30N2O3.C11H16FNS.C7H9BrO2S.2C5H3FOS.C5H5FS.C3H4N2O2S/c1-19(2,3)24-18(22)21-12-10-15(11-13-21)14-23-17-9-7-6-8-16(17)20(4)5;12-10-5-8-14-11(10)2-1-9-3-6-13-7-4-9;1-9-7(10-2)6-5(8)3-4-11-6;6-4-1-2-8-5(4)3-7;6-5-4(3-7)1-2-8-5;1-4-5(6)2-3-7-4;6-1-2-3(7)5-8-4-2/h6-9,15H,10-14H2,1-5H3;5,8-9,13H,1-4,6-7H2;3-4,7H,1-2H3;2*1-3H;2-3H,1H3;6H,1H2,(H,5,7). The van der Waals surface area contributed by atoms with Crippen molar-refractivity contribution in [3.8, 4) is 5.75 Å². The molecule has 0 aliphatic carbocycles. The molecule has 2 aliphatic heterocycles. The Balaban J connectivity index is 0.000000259. The molecule has 2 saturated heterocycles. The number of aromatic amines is 1. The lowest BCUT2D eigenvalue weighted by Crippen LogP contribution is -2.42. The van der Waals surface area contributed by atoms with Crippen LogP contribution in [0.1, 0.15) is 99.5 Å². The van der Waals surface area contributed by atoms with Crippen molar-refractivity contribution in [3.63, 3.8) is 0 Å². The van der Waals surface area contributed by atoms with Gasteiger partial charge in [0, 0.05) is 67.4 Å². The number of likely N-dealkylation sites (tertiary alicyclic amines) is 1. The molecule has 14 nitrogen and oxygen atoms in total. The highest BCUT2D eigenvalue weighted by Gasteiger charge is 2.27. The number of rotatable bonds is 13. The summed E-state index contributed by atoms with van der Waals surface area (Å²) in [5, 5.41) is 19.9. The number of carbonyl (C=O) groups is 3. The molecule has 80 heavy (non-hydrogen) atoms. The molecule has 0 bridgehead atoms. The lowest BCUT2D eigenvalue weighted by atomic mass is 9.93. The number of aromatic nitrogens is 2. The highest BCUT2D eigenvalue weighted by Crippen LogP contribution is 2.31. The summed E-state index contributed by atoms with van der Waals surface area (Å²) in [4.78, 5) is 49.0. The SMILES string of the molecule is CN(C)c1ccccc1OCC1CCN(C(=O)OC(C)(C)C)CC1.COC(OC)c1sccc1Br.Cc1sccc1F.Fc1ccsc1CCC1CCNCC1.O=Cc1ccsc1F.O=Cc1sccc1F.O=c1[nH]snc1CO. The molecular weight excluding hydrogens is 1220 g/mol. The van der Waals surface area contributed by atoms with Crippen LogP contribution in [-0.2, 0) is 27.2 Å². The number of aldehydes is 2. The minimum atomic E-state index is -0.438. The summed E-state index contributed by atoms with van der Waals surface area (Å²) in [6.45, 7) is 11.6. The van der Waals surface area contributed by atoms with Gasteiger partial charge in [-0.15, -0.1) is 56.7 Å². The molecule has 9 rings (SSSR count). The molecule has 2 fully saturated rings. The van der Waals surface area contributed by atoms with Gasteiger partial charge < -0.3 is 39.2 Å². The summed E-state index contributed by atoms with van der Waals surface area (Å²) in [5.74, 6) is 1.66. The van der Waals surface area contributed by atoms with Crippen molar-refractivity contribution < 1.29 is 56.0 Å². The summed E-state index contributed by atoms with van der Waals surface area (Å²) in [6.07, 6.45) is 7.05. The highest BCUT2D eigenvalue weighted by atomic mass is 79.9. The number of benzene rings is 1. The van der Waals surface area contributed by atoms with Crippen molar-refractivity contribution in [3.05, 3.63) is 150 Å². The van der Waals surface area contributed by atoms with E-state index in [2.05, 4.69) is 41.0 Å². The van der Waals surface area contributed by atoms with E-state index in [0.717, 1.165) is 123 Å². The maximum atomic E-state index is 13.1. The summed E-state index contributed by atoms with van der Waals surface area (Å²) >= 11 is 11.0. The van der Waals surface area contributed by atoms with Crippen molar-refractivity contribution >= 4 is 109 Å². The molecule has 0 spiro atoms. The quantitative estimate of drug-likeness (QED) is 0.0567. The van der Waals surface area contributed by atoms with Crippen molar-refractivity contribution in [2.75, 3.05) is 66.0 Å². The lowest BCUT2D eigenvalue weighted by molar-refractivity contribution is -0.104. The summed E-state index contributed by atoms with van der Waals surface area (Å²) in [5.41, 5.74) is 0.693. The number of ether oxygens (including phenoxy) is 4. The predicted molar refractivity (Wildman–Crippen MR) is 321 cm³/mol. The highest BCUT2D eigenvalue weighted by molar-refractivity contribution is 9.10. The number of nitrogens with one attached hydrogen (secondary N) is 2. The average molecular weight is 1290 g/mol. The van der Waals surface area contributed by atoms with Gasteiger partial charge >= 0.3 is 6.09 Å². The number of aliphatic hydroxyl groups is 1. The van der Waals surface area contributed by atoms with E-state index in [-0.39, 0.29) is 52.3 Å². The molecular formula is C55H70BrF4N5O9S6. The third kappa shape index (κ3) is 26.1. The number of halogens is 5. The van der Waals surface area contributed by atoms with Gasteiger partial charge in [0.25, 0.3) is 5.56 Å². The Morgan fingerprint density at radius 1 is 0.838 bits per heavy atom. The molecule has 0 atom stereocenters. The first-order chi connectivity index (χ1) is 38.2. The van der Waals surface area contributed by atoms with E-state index in [1.165, 1.54) is 42.4 Å². The number of methoxy groups -OCH3 is 2. The predicted octanol–water partition coefficient (Wildman–Crippen LogP) is 14.3. The van der Waals surface area contributed by atoms with Gasteiger partial charge in [-0.1, -0.05) is 12.1 Å². The van der Waals surface area contributed by atoms with Crippen LogP contribution in [0.2, 0.25) is 0 Å². The van der Waals surface area contributed by atoms with E-state index >= 15 is 0 Å². The number of aryl methyl sites for hydroxylation is 2. The van der Waals surface area contributed by atoms with E-state index in [4.69, 9.17) is 24.1 Å². The number of hydrogen-bond donors (Lipinski definition) is 3. The van der Waals surface area contributed by atoms with Crippen LogP contribution in [0.25, 0.3) is 0 Å². The van der Waals surface area contributed by atoms with E-state index in [9.17, 15) is 36.7 Å². The molecule has 440 valence electrons. The first-order valence-corrected chi connectivity index (χ1v) is 31.0. The van der Waals surface area contributed by atoms with Gasteiger partial charge in [0.05, 0.1) is 29.3 Å². The van der Waals surface area contributed by atoms with Gasteiger partial charge in [-0.05, 0) is 176 Å². The molecule has 1 aromatic carbocycles. The normalized spacial score (nSPS) is 13.2.